The van der Waals surface area contributed by atoms with Crippen molar-refractivity contribution in [3.05, 3.63) is 0 Å². The van der Waals surface area contributed by atoms with E-state index in [0.29, 0.717) is 0 Å². The predicted octanol–water partition coefficient (Wildman–Crippen LogP) is 0.272. The molecule has 0 unspecified atom stereocenters. The zero-order valence-corrected chi connectivity index (χ0v) is 13.2. The first-order valence-electron chi connectivity index (χ1n) is 6.86. The third-order valence-corrected chi connectivity index (χ3v) is 2.66. The Hall–Kier alpha value is -2.78. The lowest BCUT2D eigenvalue weighted by molar-refractivity contribution is -0.172. The van der Waals surface area contributed by atoms with Crippen LogP contribution in [0.4, 0.5) is 0 Å². The van der Waals surface area contributed by atoms with Gasteiger partial charge >= 0.3 is 35.8 Å². The Kier molecular flexibility index (Phi) is 8.29. The van der Waals surface area contributed by atoms with E-state index in [1.54, 1.807) is 0 Å². The Labute approximate surface area is 136 Å². The van der Waals surface area contributed by atoms with Crippen LogP contribution in [0, 0.1) is 5.41 Å². The molecule has 0 aliphatic rings. The van der Waals surface area contributed by atoms with Gasteiger partial charge in [0.2, 0.25) is 0 Å². The molecule has 0 heterocycles. The van der Waals surface area contributed by atoms with Gasteiger partial charge in [0.15, 0.2) is 0 Å². The smallest absolute Gasteiger partial charge is 0.319 e. The van der Waals surface area contributed by atoms with Gasteiger partial charge in [0.25, 0.3) is 0 Å². The van der Waals surface area contributed by atoms with E-state index in [1.165, 1.54) is 13.8 Å². The summed E-state index contributed by atoms with van der Waals surface area (Å²) in [4.78, 5) is 66.4. The Morgan fingerprint density at radius 3 is 1.54 bits per heavy atom. The van der Waals surface area contributed by atoms with E-state index in [-0.39, 0.29) is 0 Å². The lowest BCUT2D eigenvalue weighted by atomic mass is 9.89. The maximum absolute atomic E-state index is 11.8. The normalized spacial score (nSPS) is 10.6. The second kappa shape index (κ2) is 9.38. The molecule has 0 rings (SSSR count). The number of ether oxygens (including phenoxy) is 2. The van der Waals surface area contributed by atoms with E-state index < -0.39 is 73.3 Å². The molecule has 0 radical (unpaired) electrons. The molecule has 0 aliphatic heterocycles. The second-order valence-corrected chi connectivity index (χ2v) is 5.46. The number of hydrogen-bond donors (Lipinski definition) is 2. The average molecular weight is 346 g/mol. The van der Waals surface area contributed by atoms with E-state index in [0.717, 1.165) is 0 Å². The maximum Gasteiger partial charge on any atom is 0.319 e. The van der Waals surface area contributed by atoms with Crippen LogP contribution in [0.5, 0.6) is 0 Å². The van der Waals surface area contributed by atoms with E-state index >= 15 is 0 Å². The molecule has 10 heteroatoms. The van der Waals surface area contributed by atoms with Gasteiger partial charge in [0.1, 0.15) is 0 Å². The maximum atomic E-state index is 11.8. The summed E-state index contributed by atoms with van der Waals surface area (Å²) in [5.41, 5.74) is -1.50. The highest BCUT2D eigenvalue weighted by molar-refractivity contribution is 5.93. The summed E-state index contributed by atoms with van der Waals surface area (Å²) in [5.74, 6) is -6.73. The molecule has 0 fully saturated rings. The van der Waals surface area contributed by atoms with Gasteiger partial charge in [-0.15, -0.1) is 0 Å². The molecule has 0 aromatic rings. The van der Waals surface area contributed by atoms with Crippen LogP contribution in [0.1, 0.15) is 46.0 Å². The Morgan fingerprint density at radius 1 is 0.708 bits per heavy atom. The van der Waals surface area contributed by atoms with Gasteiger partial charge in [-0.1, -0.05) is 0 Å². The molecule has 0 amide bonds. The largest absolute Gasteiger partial charge is 0.481 e. The molecule has 24 heavy (non-hydrogen) atoms. The van der Waals surface area contributed by atoms with Crippen LogP contribution in [-0.4, -0.2) is 46.0 Å². The SMILES string of the molecule is CC(C)(CC(=O)OC(=O)CCC(=O)O)C(=O)OC(=O)CCC(=O)O. The second-order valence-electron chi connectivity index (χ2n) is 5.46. The summed E-state index contributed by atoms with van der Waals surface area (Å²) in [6.45, 7) is 2.53. The van der Waals surface area contributed by atoms with E-state index in [2.05, 4.69) is 9.47 Å². The zero-order chi connectivity index (χ0) is 18.9. The Balaban J connectivity index is 4.44. The van der Waals surface area contributed by atoms with Crippen molar-refractivity contribution in [1.82, 2.24) is 0 Å². The molecule has 0 spiro atoms. The van der Waals surface area contributed by atoms with Crippen LogP contribution in [0.25, 0.3) is 0 Å². The minimum absolute atomic E-state index is 0.500. The van der Waals surface area contributed by atoms with Gasteiger partial charge < -0.3 is 19.7 Å². The average Bonchev–Trinajstić information content (AvgIpc) is 2.42. The fourth-order valence-corrected chi connectivity index (χ4v) is 1.36. The fourth-order valence-electron chi connectivity index (χ4n) is 1.36. The molecule has 2 N–H and O–H groups in total. The summed E-state index contributed by atoms with van der Waals surface area (Å²) in [5, 5.41) is 16.8. The predicted molar refractivity (Wildman–Crippen MR) is 74.3 cm³/mol. The summed E-state index contributed by atoms with van der Waals surface area (Å²) in [7, 11) is 0. The molecule has 0 bridgehead atoms. The molecule has 0 saturated heterocycles. The van der Waals surface area contributed by atoms with Crippen molar-refractivity contribution in [3.63, 3.8) is 0 Å². The summed E-state index contributed by atoms with van der Waals surface area (Å²) in [6.07, 6.45) is -2.60. The zero-order valence-electron chi connectivity index (χ0n) is 13.2. The number of aliphatic carboxylic acids is 2. The third kappa shape index (κ3) is 9.28. The van der Waals surface area contributed by atoms with Gasteiger partial charge in [-0.2, -0.15) is 0 Å². The number of hydrogen-bond acceptors (Lipinski definition) is 8. The highest BCUT2D eigenvalue weighted by atomic mass is 16.6. The minimum Gasteiger partial charge on any atom is -0.481 e. The number of rotatable bonds is 9. The quantitative estimate of drug-likeness (QED) is 0.438. The van der Waals surface area contributed by atoms with Gasteiger partial charge in [0.05, 0.1) is 37.5 Å². The number of carboxylic acids is 2. The number of carbonyl (C=O) groups excluding carboxylic acids is 4. The molecule has 10 nitrogen and oxygen atoms in total. The van der Waals surface area contributed by atoms with E-state index in [1.807, 2.05) is 0 Å². The monoisotopic (exact) mass is 346 g/mol. The van der Waals surface area contributed by atoms with Crippen molar-refractivity contribution >= 4 is 35.8 Å². The fraction of sp³-hybridized carbons (Fsp3) is 0.571. The molecule has 134 valence electrons. The molecule has 0 aromatic carbocycles. The van der Waals surface area contributed by atoms with Crippen LogP contribution in [-0.2, 0) is 38.2 Å². The molecule has 0 atom stereocenters. The summed E-state index contributed by atoms with van der Waals surface area (Å²) < 4.78 is 8.80. The van der Waals surface area contributed by atoms with Crippen LogP contribution in [0.3, 0.4) is 0 Å². The highest BCUT2D eigenvalue weighted by Crippen LogP contribution is 2.23. The summed E-state index contributed by atoms with van der Waals surface area (Å²) >= 11 is 0. The number of carbonyl (C=O) groups is 6. The van der Waals surface area contributed by atoms with Crippen molar-refractivity contribution in [3.8, 4) is 0 Å². The van der Waals surface area contributed by atoms with Crippen LogP contribution < -0.4 is 0 Å². The molecule has 0 aliphatic carbocycles. The minimum atomic E-state index is -1.50. The van der Waals surface area contributed by atoms with Gasteiger partial charge in [-0.3, -0.25) is 28.8 Å². The molecule has 0 aromatic heterocycles. The van der Waals surface area contributed by atoms with Crippen molar-refractivity contribution in [1.29, 1.82) is 0 Å². The highest BCUT2D eigenvalue weighted by Gasteiger charge is 2.35. The Bertz CT molecular complexity index is 546. The first-order chi connectivity index (χ1) is 10.9. The van der Waals surface area contributed by atoms with E-state index in [4.69, 9.17) is 10.2 Å². The van der Waals surface area contributed by atoms with Crippen LogP contribution >= 0.6 is 0 Å². The lowest BCUT2D eigenvalue weighted by Crippen LogP contribution is -2.32. The van der Waals surface area contributed by atoms with Crippen molar-refractivity contribution in [2.45, 2.75) is 46.0 Å². The topological polar surface area (TPSA) is 161 Å². The van der Waals surface area contributed by atoms with Gasteiger partial charge in [-0.25, -0.2) is 0 Å². The molecular formula is C14H18O10. The van der Waals surface area contributed by atoms with Crippen LogP contribution in [0.2, 0.25) is 0 Å². The third-order valence-electron chi connectivity index (χ3n) is 2.66. The number of esters is 4. The van der Waals surface area contributed by atoms with Crippen molar-refractivity contribution in [2.24, 2.45) is 5.41 Å². The molecular weight excluding hydrogens is 328 g/mol. The van der Waals surface area contributed by atoms with E-state index in [9.17, 15) is 28.8 Å². The number of carboxylic acid groups (broad SMARTS) is 2. The Morgan fingerprint density at radius 2 is 1.12 bits per heavy atom. The molecule has 0 saturated carbocycles. The van der Waals surface area contributed by atoms with Crippen molar-refractivity contribution < 1.29 is 48.5 Å². The van der Waals surface area contributed by atoms with Gasteiger partial charge in [0, 0.05) is 0 Å². The summed E-state index contributed by atoms with van der Waals surface area (Å²) in [6, 6.07) is 0. The first kappa shape index (κ1) is 21.2. The standard InChI is InChI=1S/C14H18O10/c1-14(2,13(22)24-11(20)6-4-9(17)18)7-12(21)23-10(19)5-3-8(15)16/h3-7H2,1-2H3,(H,15,16)(H,17,18). The lowest BCUT2D eigenvalue weighted by Gasteiger charge is -2.20. The first-order valence-corrected chi connectivity index (χ1v) is 6.86. The van der Waals surface area contributed by atoms with Crippen LogP contribution in [0.15, 0.2) is 0 Å². The van der Waals surface area contributed by atoms with Crippen molar-refractivity contribution in [2.75, 3.05) is 0 Å². The van der Waals surface area contributed by atoms with Gasteiger partial charge in [-0.05, 0) is 13.8 Å².